The maximum Gasteiger partial charge on any atom is 0.344 e. The highest BCUT2D eigenvalue weighted by atomic mass is 35.5. The van der Waals surface area contributed by atoms with E-state index in [1.165, 1.54) is 44.4 Å². The molecule has 0 atom stereocenters. The Labute approximate surface area is 184 Å². The van der Waals surface area contributed by atoms with Crippen LogP contribution in [0.25, 0.3) is 11.3 Å². The first-order valence-electron chi connectivity index (χ1n) is 10.7. The van der Waals surface area contributed by atoms with Crippen molar-refractivity contribution in [3.63, 3.8) is 0 Å². The van der Waals surface area contributed by atoms with Gasteiger partial charge in [-0.05, 0) is 75.3 Å². The van der Waals surface area contributed by atoms with Crippen molar-refractivity contribution < 1.29 is 23.2 Å². The SMILES string of the molecule is Cc1onc(-c2c(F)cccc2Cl)c1C(=O)OCC(=O)NC12CC3CC(CC(C3)C1)C2. The van der Waals surface area contributed by atoms with Gasteiger partial charge in [0.05, 0.1) is 10.6 Å². The van der Waals surface area contributed by atoms with Gasteiger partial charge in [-0.25, -0.2) is 9.18 Å². The van der Waals surface area contributed by atoms with Gasteiger partial charge in [-0.3, -0.25) is 4.79 Å². The third kappa shape index (κ3) is 3.73. The van der Waals surface area contributed by atoms with Gasteiger partial charge in [0, 0.05) is 5.54 Å². The number of benzene rings is 1. The van der Waals surface area contributed by atoms with Gasteiger partial charge in [-0.2, -0.15) is 0 Å². The van der Waals surface area contributed by atoms with Crippen LogP contribution in [0.15, 0.2) is 22.7 Å². The number of carbonyl (C=O) groups excluding carboxylic acids is 2. The summed E-state index contributed by atoms with van der Waals surface area (Å²) in [7, 11) is 0. The Morgan fingerprint density at radius 2 is 1.87 bits per heavy atom. The van der Waals surface area contributed by atoms with E-state index in [1.807, 2.05) is 0 Å². The number of esters is 1. The summed E-state index contributed by atoms with van der Waals surface area (Å²) < 4.78 is 24.7. The maximum atomic E-state index is 14.3. The molecular formula is C23H24ClFN2O4. The van der Waals surface area contributed by atoms with Crippen LogP contribution in [0.5, 0.6) is 0 Å². The number of nitrogens with zero attached hydrogens (tertiary/aromatic N) is 1. The minimum Gasteiger partial charge on any atom is -0.452 e. The summed E-state index contributed by atoms with van der Waals surface area (Å²) in [4.78, 5) is 25.4. The second-order valence-electron chi connectivity index (χ2n) is 9.38. The van der Waals surface area contributed by atoms with E-state index in [0.29, 0.717) is 17.8 Å². The van der Waals surface area contributed by atoms with Crippen LogP contribution >= 0.6 is 11.6 Å². The Kier molecular flexibility index (Phi) is 5.04. The molecule has 1 amide bonds. The molecule has 0 spiro atoms. The van der Waals surface area contributed by atoms with Gasteiger partial charge in [0.2, 0.25) is 0 Å². The van der Waals surface area contributed by atoms with Crippen LogP contribution in [0, 0.1) is 30.5 Å². The third-order valence-corrected chi connectivity index (χ3v) is 7.36. The van der Waals surface area contributed by atoms with E-state index in [1.54, 1.807) is 0 Å². The molecule has 0 saturated heterocycles. The standard InChI is InChI=1S/C23H24ClFN2O4/c1-12-19(21(27-31-12)20-16(24)3-2-4-17(20)25)22(29)30-11-18(28)26-23-8-13-5-14(9-23)7-15(6-13)10-23/h2-4,13-15H,5-11H2,1H3,(H,26,28). The number of aryl methyl sites for hydroxylation is 1. The molecule has 6 rings (SSSR count). The van der Waals surface area contributed by atoms with Gasteiger partial charge >= 0.3 is 5.97 Å². The first kappa shape index (κ1) is 20.5. The van der Waals surface area contributed by atoms with Crippen molar-refractivity contribution in [3.8, 4) is 11.3 Å². The highest BCUT2D eigenvalue weighted by molar-refractivity contribution is 6.33. The van der Waals surface area contributed by atoms with Crippen LogP contribution in [-0.2, 0) is 9.53 Å². The smallest absolute Gasteiger partial charge is 0.344 e. The van der Waals surface area contributed by atoms with Crippen LogP contribution in [0.1, 0.15) is 54.6 Å². The fraction of sp³-hybridized carbons (Fsp3) is 0.522. The average Bonchev–Trinajstić information content (AvgIpc) is 3.06. The van der Waals surface area contributed by atoms with E-state index < -0.39 is 18.4 Å². The molecule has 164 valence electrons. The Balaban J connectivity index is 1.28. The van der Waals surface area contributed by atoms with Crippen LogP contribution in [0.2, 0.25) is 5.02 Å². The Morgan fingerprint density at radius 3 is 2.48 bits per heavy atom. The largest absolute Gasteiger partial charge is 0.452 e. The second-order valence-corrected chi connectivity index (χ2v) is 9.79. The summed E-state index contributed by atoms with van der Waals surface area (Å²) in [6.07, 6.45) is 6.87. The molecule has 4 saturated carbocycles. The number of carbonyl (C=O) groups is 2. The summed E-state index contributed by atoms with van der Waals surface area (Å²) in [6.45, 7) is 1.12. The minimum absolute atomic E-state index is 0.0328. The number of hydrogen-bond donors (Lipinski definition) is 1. The molecule has 4 fully saturated rings. The normalized spacial score (nSPS) is 28.5. The minimum atomic E-state index is -0.797. The summed E-state index contributed by atoms with van der Waals surface area (Å²) in [5.74, 6) is 0.518. The van der Waals surface area contributed by atoms with Gasteiger partial charge in [0.25, 0.3) is 5.91 Å². The number of rotatable bonds is 5. The molecule has 0 unspecified atom stereocenters. The summed E-state index contributed by atoms with van der Waals surface area (Å²) >= 11 is 6.11. The van der Waals surface area contributed by atoms with Crippen molar-refractivity contribution in [2.75, 3.05) is 6.61 Å². The molecule has 1 aromatic heterocycles. The summed E-state index contributed by atoms with van der Waals surface area (Å²) in [5, 5.41) is 7.07. The Morgan fingerprint density at radius 1 is 1.23 bits per heavy atom. The average molecular weight is 447 g/mol. The van der Waals surface area contributed by atoms with Gasteiger partial charge in [0.15, 0.2) is 6.61 Å². The molecule has 8 heteroatoms. The lowest BCUT2D eigenvalue weighted by atomic mass is 9.53. The number of halogens is 2. The number of aromatic nitrogens is 1. The summed E-state index contributed by atoms with van der Waals surface area (Å²) in [5.41, 5.74) is -0.260. The van der Waals surface area contributed by atoms with Crippen molar-refractivity contribution in [1.82, 2.24) is 10.5 Å². The molecule has 1 N–H and O–H groups in total. The fourth-order valence-corrected chi connectivity index (χ4v) is 6.56. The number of amides is 1. The lowest BCUT2D eigenvalue weighted by Gasteiger charge is -2.56. The van der Waals surface area contributed by atoms with Gasteiger partial charge in [-0.1, -0.05) is 22.8 Å². The molecule has 6 nitrogen and oxygen atoms in total. The van der Waals surface area contributed by atoms with Crippen molar-refractivity contribution >= 4 is 23.5 Å². The molecule has 0 aliphatic heterocycles. The highest BCUT2D eigenvalue weighted by Crippen LogP contribution is 2.55. The van der Waals surface area contributed by atoms with Gasteiger partial charge in [-0.15, -0.1) is 0 Å². The predicted octanol–water partition coefficient (Wildman–Crippen LogP) is 4.68. The Bertz CT molecular complexity index is 995. The van der Waals surface area contributed by atoms with Crippen LogP contribution in [-0.4, -0.2) is 29.2 Å². The molecule has 4 aliphatic carbocycles. The number of nitrogens with one attached hydrogen (secondary N) is 1. The second kappa shape index (κ2) is 7.62. The lowest BCUT2D eigenvalue weighted by Crippen LogP contribution is -2.60. The Hall–Kier alpha value is -2.41. The first-order chi connectivity index (χ1) is 14.8. The first-order valence-corrected chi connectivity index (χ1v) is 11.1. The quantitative estimate of drug-likeness (QED) is 0.674. The fourth-order valence-electron chi connectivity index (χ4n) is 6.31. The molecule has 4 bridgehead atoms. The molecule has 1 heterocycles. The molecule has 2 aromatic rings. The zero-order valence-electron chi connectivity index (χ0n) is 17.2. The maximum absolute atomic E-state index is 14.3. The topological polar surface area (TPSA) is 81.4 Å². The zero-order valence-corrected chi connectivity index (χ0v) is 18.0. The van der Waals surface area contributed by atoms with Crippen LogP contribution in [0.3, 0.4) is 0 Å². The lowest BCUT2D eigenvalue weighted by molar-refractivity contribution is -0.130. The number of hydrogen-bond acceptors (Lipinski definition) is 5. The third-order valence-electron chi connectivity index (χ3n) is 7.04. The molecule has 0 radical (unpaired) electrons. The van der Waals surface area contributed by atoms with Crippen LogP contribution < -0.4 is 5.32 Å². The zero-order chi connectivity index (χ0) is 21.8. The number of ether oxygens (including phenoxy) is 1. The summed E-state index contributed by atoms with van der Waals surface area (Å²) in [6, 6.07) is 4.18. The molecule has 4 aliphatic rings. The van der Waals surface area contributed by atoms with Gasteiger partial charge < -0.3 is 14.6 Å². The monoisotopic (exact) mass is 446 g/mol. The van der Waals surface area contributed by atoms with Crippen molar-refractivity contribution in [3.05, 3.63) is 40.4 Å². The molecule has 1 aromatic carbocycles. The van der Waals surface area contributed by atoms with Crippen LogP contribution in [0.4, 0.5) is 4.39 Å². The highest BCUT2D eigenvalue weighted by Gasteiger charge is 2.51. The van der Waals surface area contributed by atoms with Crippen molar-refractivity contribution in [1.29, 1.82) is 0 Å². The molecule has 31 heavy (non-hydrogen) atoms. The van der Waals surface area contributed by atoms with E-state index in [4.69, 9.17) is 20.9 Å². The molecular weight excluding hydrogens is 423 g/mol. The van der Waals surface area contributed by atoms with E-state index in [2.05, 4.69) is 10.5 Å². The van der Waals surface area contributed by atoms with Gasteiger partial charge in [0.1, 0.15) is 22.8 Å². The van der Waals surface area contributed by atoms with E-state index >= 15 is 0 Å². The van der Waals surface area contributed by atoms with E-state index in [0.717, 1.165) is 19.3 Å². The van der Waals surface area contributed by atoms with Crippen molar-refractivity contribution in [2.45, 2.75) is 51.0 Å². The predicted molar refractivity (Wildman–Crippen MR) is 111 cm³/mol. The van der Waals surface area contributed by atoms with Crippen molar-refractivity contribution in [2.24, 2.45) is 17.8 Å². The van der Waals surface area contributed by atoms with E-state index in [-0.39, 0.29) is 39.0 Å². The van der Waals surface area contributed by atoms with E-state index in [9.17, 15) is 14.0 Å².